The Morgan fingerprint density at radius 2 is 2.00 bits per heavy atom. The molecule has 1 amide bonds. The third kappa shape index (κ3) is 5.67. The van der Waals surface area contributed by atoms with Crippen molar-refractivity contribution in [1.29, 1.82) is 5.41 Å². The molecule has 1 fully saturated rings. The van der Waals surface area contributed by atoms with Crippen LogP contribution < -0.4 is 21.5 Å². The molecule has 2 atom stereocenters. The van der Waals surface area contributed by atoms with Gasteiger partial charge < -0.3 is 31.2 Å². The van der Waals surface area contributed by atoms with Gasteiger partial charge in [-0.1, -0.05) is 31.2 Å². The van der Waals surface area contributed by atoms with Gasteiger partial charge in [0.1, 0.15) is 23.8 Å². The van der Waals surface area contributed by atoms with Crippen LogP contribution in [0.5, 0.6) is 5.75 Å². The van der Waals surface area contributed by atoms with E-state index < -0.39 is 17.8 Å². The van der Waals surface area contributed by atoms with E-state index in [1.807, 2.05) is 6.92 Å². The van der Waals surface area contributed by atoms with Crippen molar-refractivity contribution in [3.8, 4) is 17.0 Å². The van der Waals surface area contributed by atoms with Gasteiger partial charge in [-0.15, -0.1) is 0 Å². The molecule has 4 aromatic rings. The fourth-order valence-electron chi connectivity index (χ4n) is 4.72. The Morgan fingerprint density at radius 3 is 2.67 bits per heavy atom. The van der Waals surface area contributed by atoms with E-state index in [4.69, 9.17) is 26.4 Å². The minimum Gasteiger partial charge on any atom is -0.485 e. The van der Waals surface area contributed by atoms with Crippen LogP contribution in [0.3, 0.4) is 0 Å². The second-order valence-electron chi connectivity index (χ2n) is 9.61. The van der Waals surface area contributed by atoms with E-state index >= 15 is 4.39 Å². The number of nitrogen functional groups attached to an aromatic ring is 1. The summed E-state index contributed by atoms with van der Waals surface area (Å²) in [7, 11) is 0. The highest BCUT2D eigenvalue weighted by Gasteiger charge is 2.27. The molecule has 0 bridgehead atoms. The lowest BCUT2D eigenvalue weighted by Crippen LogP contribution is -2.20. The summed E-state index contributed by atoms with van der Waals surface area (Å²) < 4.78 is 27.7. The number of amidine groups is 1. The summed E-state index contributed by atoms with van der Waals surface area (Å²) in [5.74, 6) is -0.531. The van der Waals surface area contributed by atoms with Crippen molar-refractivity contribution < 1.29 is 18.7 Å². The number of aromatic nitrogens is 2. The maximum atomic E-state index is 16.2. The zero-order valence-corrected chi connectivity index (χ0v) is 22.0. The third-order valence-corrected chi connectivity index (χ3v) is 6.89. The molecule has 1 aliphatic heterocycles. The lowest BCUT2D eigenvalue weighted by molar-refractivity contribution is 0.100. The SMILES string of the molecule is CCc1cc(OC2CCOC2)c(F)c(C(Nc2ccc(C(=N)N)cc2)c2ncc(-c3ccccc3C(N)=O)[nH]2)c1. The predicted octanol–water partition coefficient (Wildman–Crippen LogP) is 4.53. The molecule has 2 heterocycles. The quantitative estimate of drug-likeness (QED) is 0.147. The van der Waals surface area contributed by atoms with Gasteiger partial charge in [-0.3, -0.25) is 10.2 Å². The molecule has 5 rings (SSSR count). The molecule has 0 aliphatic carbocycles. The van der Waals surface area contributed by atoms with Crippen LogP contribution in [0.2, 0.25) is 0 Å². The van der Waals surface area contributed by atoms with Gasteiger partial charge in [0.05, 0.1) is 25.1 Å². The molecule has 9 nitrogen and oxygen atoms in total. The number of carbonyl (C=O) groups is 1. The first-order valence-electron chi connectivity index (χ1n) is 13.1. The van der Waals surface area contributed by atoms with Gasteiger partial charge in [0, 0.05) is 34.4 Å². The van der Waals surface area contributed by atoms with Crippen LogP contribution in [0.25, 0.3) is 11.3 Å². The number of amides is 1. The first-order chi connectivity index (χ1) is 19.3. The molecule has 0 saturated carbocycles. The first kappa shape index (κ1) is 26.9. The van der Waals surface area contributed by atoms with Crippen molar-refractivity contribution in [3.05, 3.63) is 101 Å². The molecular weight excluding hydrogens is 511 g/mol. The summed E-state index contributed by atoms with van der Waals surface area (Å²) in [5.41, 5.74) is 15.2. The number of ether oxygens (including phenoxy) is 2. The number of nitrogens with two attached hydrogens (primary N) is 2. The molecule has 0 spiro atoms. The van der Waals surface area contributed by atoms with Crippen molar-refractivity contribution in [2.24, 2.45) is 11.5 Å². The fraction of sp³-hybridized carbons (Fsp3) is 0.233. The second kappa shape index (κ2) is 11.6. The highest BCUT2D eigenvalue weighted by Crippen LogP contribution is 2.35. The first-order valence-corrected chi connectivity index (χ1v) is 13.1. The minimum atomic E-state index is -0.758. The number of halogens is 1. The van der Waals surface area contributed by atoms with Crippen LogP contribution in [0.15, 0.2) is 66.9 Å². The van der Waals surface area contributed by atoms with Gasteiger partial charge in [0.25, 0.3) is 0 Å². The van der Waals surface area contributed by atoms with Crippen LogP contribution in [-0.4, -0.2) is 41.0 Å². The van der Waals surface area contributed by atoms with E-state index in [0.717, 1.165) is 5.56 Å². The number of H-pyrrole nitrogens is 1. The maximum Gasteiger partial charge on any atom is 0.249 e. The average Bonchev–Trinajstić information content (AvgIpc) is 3.66. The number of imidazole rings is 1. The van der Waals surface area contributed by atoms with Crippen molar-refractivity contribution >= 4 is 17.4 Å². The fourth-order valence-corrected chi connectivity index (χ4v) is 4.72. The van der Waals surface area contributed by atoms with Gasteiger partial charge >= 0.3 is 0 Å². The van der Waals surface area contributed by atoms with Gasteiger partial charge in [-0.05, 0) is 48.4 Å². The number of carbonyl (C=O) groups excluding carboxylic acids is 1. The van der Waals surface area contributed by atoms with E-state index in [1.54, 1.807) is 66.9 Å². The van der Waals surface area contributed by atoms with Crippen LogP contribution >= 0.6 is 0 Å². The molecule has 1 saturated heterocycles. The molecule has 40 heavy (non-hydrogen) atoms. The van der Waals surface area contributed by atoms with Gasteiger partial charge in [0.2, 0.25) is 5.91 Å². The molecular formula is C30H31FN6O3. The summed E-state index contributed by atoms with van der Waals surface area (Å²) in [4.78, 5) is 19.9. The lowest BCUT2D eigenvalue weighted by atomic mass is 9.99. The van der Waals surface area contributed by atoms with Crippen molar-refractivity contribution in [3.63, 3.8) is 0 Å². The molecule has 0 radical (unpaired) electrons. The van der Waals surface area contributed by atoms with Crippen LogP contribution in [0.1, 0.15) is 52.3 Å². The number of aryl methyl sites for hydroxylation is 1. The summed E-state index contributed by atoms with van der Waals surface area (Å²) >= 11 is 0. The van der Waals surface area contributed by atoms with Crippen LogP contribution in [0.4, 0.5) is 10.1 Å². The lowest BCUT2D eigenvalue weighted by Gasteiger charge is -2.22. The molecule has 2 unspecified atom stereocenters. The molecule has 3 aromatic carbocycles. The number of hydrogen-bond donors (Lipinski definition) is 5. The third-order valence-electron chi connectivity index (χ3n) is 6.89. The van der Waals surface area contributed by atoms with Crippen molar-refractivity contribution in [2.45, 2.75) is 31.9 Å². The number of rotatable bonds is 10. The molecule has 10 heteroatoms. The Balaban J connectivity index is 1.59. The standard InChI is InChI=1S/C30H31FN6O3/c1-2-17-13-23(26(31)25(14-17)40-20-11-12-39-16-20)27(36-19-9-7-18(8-10-19)28(32)33)30-35-15-24(37-30)21-5-3-4-6-22(21)29(34)38/h3-10,13-15,20,27,36H,2,11-12,16H2,1H3,(H3,32,33)(H2,34,38)(H,35,37). The monoisotopic (exact) mass is 542 g/mol. The number of primary amides is 1. The van der Waals surface area contributed by atoms with Crippen molar-refractivity contribution in [2.75, 3.05) is 18.5 Å². The summed E-state index contributed by atoms with van der Waals surface area (Å²) in [5, 5.41) is 11.1. The zero-order chi connectivity index (χ0) is 28.2. The second-order valence-corrected chi connectivity index (χ2v) is 9.61. The number of benzene rings is 3. The molecule has 7 N–H and O–H groups in total. The van der Waals surface area contributed by atoms with E-state index in [1.165, 1.54) is 0 Å². The van der Waals surface area contributed by atoms with Crippen LogP contribution in [0, 0.1) is 11.2 Å². The maximum absolute atomic E-state index is 16.2. The Bertz CT molecular complexity index is 1530. The average molecular weight is 543 g/mol. The van der Waals surface area contributed by atoms with Crippen molar-refractivity contribution in [1.82, 2.24) is 9.97 Å². The minimum absolute atomic E-state index is 0.0498. The largest absolute Gasteiger partial charge is 0.485 e. The number of nitrogens with one attached hydrogen (secondary N) is 3. The van der Waals surface area contributed by atoms with Gasteiger partial charge in [-0.2, -0.15) is 0 Å². The number of hydrogen-bond acceptors (Lipinski definition) is 6. The predicted molar refractivity (Wildman–Crippen MR) is 151 cm³/mol. The van der Waals surface area contributed by atoms with E-state index in [9.17, 15) is 4.79 Å². The summed E-state index contributed by atoms with van der Waals surface area (Å²) in [6, 6.07) is 16.7. The Labute approximate surface area is 231 Å². The Hall–Kier alpha value is -4.70. The van der Waals surface area contributed by atoms with Gasteiger partial charge in [-0.25, -0.2) is 9.37 Å². The van der Waals surface area contributed by atoms with Crippen LogP contribution in [-0.2, 0) is 11.2 Å². The molecule has 206 valence electrons. The summed E-state index contributed by atoms with van der Waals surface area (Å²) in [6.45, 7) is 2.99. The molecule has 1 aliphatic rings. The smallest absolute Gasteiger partial charge is 0.249 e. The number of nitrogens with zero attached hydrogens (tertiary/aromatic N) is 1. The summed E-state index contributed by atoms with van der Waals surface area (Å²) in [6.07, 6.45) is 2.73. The van der Waals surface area contributed by atoms with E-state index in [2.05, 4.69) is 15.3 Å². The van der Waals surface area contributed by atoms with E-state index in [0.29, 0.717) is 65.5 Å². The Kier molecular flexibility index (Phi) is 7.79. The van der Waals surface area contributed by atoms with Gasteiger partial charge in [0.15, 0.2) is 11.6 Å². The zero-order valence-electron chi connectivity index (χ0n) is 22.0. The highest BCUT2D eigenvalue weighted by molar-refractivity contribution is 5.99. The normalized spacial score (nSPS) is 15.5. The topological polar surface area (TPSA) is 152 Å². The Morgan fingerprint density at radius 1 is 1.23 bits per heavy atom. The number of aromatic amines is 1. The molecule has 1 aromatic heterocycles. The number of anilines is 1. The highest BCUT2D eigenvalue weighted by atomic mass is 19.1. The van der Waals surface area contributed by atoms with E-state index in [-0.39, 0.29) is 17.7 Å².